The van der Waals surface area contributed by atoms with Crippen LogP contribution in [0, 0.1) is 0 Å². The molecule has 0 atom stereocenters. The van der Waals surface area contributed by atoms with Crippen molar-refractivity contribution in [2.75, 3.05) is 6.61 Å². The average molecular weight is 232 g/mol. The maximum absolute atomic E-state index is 11.8. The molecule has 0 bridgehead atoms. The van der Waals surface area contributed by atoms with Gasteiger partial charge in [-0.3, -0.25) is 0 Å². The molecule has 92 valence electrons. The second kappa shape index (κ2) is 7.66. The van der Waals surface area contributed by atoms with Gasteiger partial charge in [0, 0.05) is 0 Å². The van der Waals surface area contributed by atoms with Crippen LogP contribution < -0.4 is 0 Å². The van der Waals surface area contributed by atoms with E-state index in [9.17, 15) is 4.79 Å². The molecular weight excluding hydrogens is 212 g/mol. The highest BCUT2D eigenvalue weighted by Crippen LogP contribution is 2.17. The first-order valence-corrected chi connectivity index (χ1v) is 6.22. The Morgan fingerprint density at radius 1 is 1.24 bits per heavy atom. The maximum Gasteiger partial charge on any atom is 0.338 e. The molecule has 0 spiro atoms. The Bertz CT molecular complexity index is 366. The zero-order valence-corrected chi connectivity index (χ0v) is 10.6. The number of hydrogen-bond donors (Lipinski definition) is 0. The van der Waals surface area contributed by atoms with Gasteiger partial charge >= 0.3 is 5.97 Å². The number of benzene rings is 1. The van der Waals surface area contributed by atoms with E-state index < -0.39 is 0 Å². The molecule has 0 aromatic heterocycles. The lowest BCUT2D eigenvalue weighted by molar-refractivity contribution is -0.136. The number of rotatable bonds is 6. The van der Waals surface area contributed by atoms with Crippen LogP contribution in [0.15, 0.2) is 36.4 Å². The van der Waals surface area contributed by atoms with E-state index in [1.807, 2.05) is 43.3 Å². The summed E-state index contributed by atoms with van der Waals surface area (Å²) in [6.07, 6.45) is 5.12. The molecule has 0 fully saturated rings. The molecule has 2 nitrogen and oxygen atoms in total. The molecule has 0 saturated carbocycles. The summed E-state index contributed by atoms with van der Waals surface area (Å²) in [5.41, 5.74) is 1.61. The molecule has 0 aliphatic carbocycles. The summed E-state index contributed by atoms with van der Waals surface area (Å²) in [6.45, 7) is 4.38. The van der Waals surface area contributed by atoms with E-state index in [0.717, 1.165) is 24.8 Å². The number of carbonyl (C=O) groups excluding carboxylic acids is 1. The lowest BCUT2D eigenvalue weighted by Crippen LogP contribution is -2.06. The Kier molecular flexibility index (Phi) is 6.08. The van der Waals surface area contributed by atoms with Gasteiger partial charge in [0.05, 0.1) is 12.2 Å². The van der Waals surface area contributed by atoms with E-state index >= 15 is 0 Å². The summed E-state index contributed by atoms with van der Waals surface area (Å²) in [6, 6.07) is 9.69. The van der Waals surface area contributed by atoms with Crippen molar-refractivity contribution in [1.82, 2.24) is 0 Å². The number of ether oxygens (including phenoxy) is 1. The van der Waals surface area contributed by atoms with Crippen molar-refractivity contribution in [3.8, 4) is 0 Å². The van der Waals surface area contributed by atoms with Crippen LogP contribution in [0.3, 0.4) is 0 Å². The van der Waals surface area contributed by atoms with Crippen LogP contribution in [0.2, 0.25) is 0 Å². The van der Waals surface area contributed by atoms with E-state index in [0.29, 0.717) is 12.2 Å². The van der Waals surface area contributed by atoms with Gasteiger partial charge in [-0.25, -0.2) is 4.79 Å². The van der Waals surface area contributed by atoms with E-state index in [1.54, 1.807) is 0 Å². The first kappa shape index (κ1) is 13.5. The molecule has 1 aromatic rings. The quantitative estimate of drug-likeness (QED) is 0.423. The van der Waals surface area contributed by atoms with Crippen LogP contribution in [-0.4, -0.2) is 12.6 Å². The minimum Gasteiger partial charge on any atom is -0.462 e. The van der Waals surface area contributed by atoms with Gasteiger partial charge in [0.2, 0.25) is 0 Å². The van der Waals surface area contributed by atoms with Crippen LogP contribution in [0.25, 0.3) is 5.57 Å². The third kappa shape index (κ3) is 4.43. The summed E-state index contributed by atoms with van der Waals surface area (Å²) >= 11 is 0. The van der Waals surface area contributed by atoms with Gasteiger partial charge in [-0.2, -0.15) is 0 Å². The van der Waals surface area contributed by atoms with E-state index in [2.05, 4.69) is 6.92 Å². The summed E-state index contributed by atoms with van der Waals surface area (Å²) < 4.78 is 5.08. The van der Waals surface area contributed by atoms with Gasteiger partial charge in [0.1, 0.15) is 0 Å². The normalized spacial score (nSPS) is 11.3. The fourth-order valence-electron chi connectivity index (χ4n) is 1.60. The number of esters is 1. The van der Waals surface area contributed by atoms with Crippen molar-refractivity contribution in [3.63, 3.8) is 0 Å². The van der Waals surface area contributed by atoms with Crippen molar-refractivity contribution in [3.05, 3.63) is 42.0 Å². The Labute approximate surface area is 103 Å². The molecule has 0 radical (unpaired) electrons. The molecule has 0 aliphatic rings. The van der Waals surface area contributed by atoms with Crippen molar-refractivity contribution >= 4 is 11.5 Å². The van der Waals surface area contributed by atoms with Crippen LogP contribution in [0.4, 0.5) is 0 Å². The minimum absolute atomic E-state index is 0.227. The molecule has 1 rings (SSSR count). The third-order valence-corrected chi connectivity index (χ3v) is 2.49. The van der Waals surface area contributed by atoms with E-state index in [-0.39, 0.29) is 5.97 Å². The Morgan fingerprint density at radius 2 is 1.94 bits per heavy atom. The molecule has 1 aromatic carbocycles. The fraction of sp³-hybridized carbons (Fsp3) is 0.400. The maximum atomic E-state index is 11.8. The van der Waals surface area contributed by atoms with Crippen LogP contribution in [0.5, 0.6) is 0 Å². The van der Waals surface area contributed by atoms with E-state index in [1.165, 1.54) is 0 Å². The van der Waals surface area contributed by atoms with Gasteiger partial charge in [0.15, 0.2) is 0 Å². The summed E-state index contributed by atoms with van der Waals surface area (Å²) in [5.74, 6) is -0.227. The zero-order chi connectivity index (χ0) is 12.5. The number of hydrogen-bond acceptors (Lipinski definition) is 2. The predicted molar refractivity (Wildman–Crippen MR) is 70.6 cm³/mol. The SMILES string of the molecule is CCCCC=C(C(=O)OCC)c1ccccc1. The first-order chi connectivity index (χ1) is 8.29. The monoisotopic (exact) mass is 232 g/mol. The average Bonchev–Trinajstić information content (AvgIpc) is 2.36. The summed E-state index contributed by atoms with van der Waals surface area (Å²) in [4.78, 5) is 11.8. The highest BCUT2D eigenvalue weighted by Gasteiger charge is 2.11. The van der Waals surface area contributed by atoms with Gasteiger partial charge in [0.25, 0.3) is 0 Å². The molecule has 0 amide bonds. The lowest BCUT2D eigenvalue weighted by Gasteiger charge is -2.07. The Balaban J connectivity index is 2.86. The second-order valence-corrected chi connectivity index (χ2v) is 3.85. The van der Waals surface area contributed by atoms with Gasteiger partial charge in [-0.1, -0.05) is 56.2 Å². The molecule has 2 heteroatoms. The number of allylic oxidation sites excluding steroid dienone is 1. The molecule has 17 heavy (non-hydrogen) atoms. The minimum atomic E-state index is -0.227. The molecular formula is C15H20O2. The smallest absolute Gasteiger partial charge is 0.338 e. The molecule has 0 aliphatic heterocycles. The molecule has 0 N–H and O–H groups in total. The fourth-order valence-corrected chi connectivity index (χ4v) is 1.60. The molecule has 0 unspecified atom stereocenters. The molecule has 0 heterocycles. The first-order valence-electron chi connectivity index (χ1n) is 6.22. The van der Waals surface area contributed by atoms with Gasteiger partial charge in [-0.05, 0) is 18.9 Å². The summed E-state index contributed by atoms with van der Waals surface area (Å²) in [7, 11) is 0. The van der Waals surface area contributed by atoms with Crippen molar-refractivity contribution in [1.29, 1.82) is 0 Å². The van der Waals surface area contributed by atoms with Crippen LogP contribution in [-0.2, 0) is 9.53 Å². The number of carbonyl (C=O) groups is 1. The van der Waals surface area contributed by atoms with Crippen LogP contribution >= 0.6 is 0 Å². The number of unbranched alkanes of at least 4 members (excludes halogenated alkanes) is 2. The highest BCUT2D eigenvalue weighted by atomic mass is 16.5. The zero-order valence-electron chi connectivity index (χ0n) is 10.6. The third-order valence-electron chi connectivity index (χ3n) is 2.49. The lowest BCUT2D eigenvalue weighted by atomic mass is 10.0. The summed E-state index contributed by atoms with van der Waals surface area (Å²) in [5, 5.41) is 0. The topological polar surface area (TPSA) is 26.3 Å². The Morgan fingerprint density at radius 3 is 2.53 bits per heavy atom. The highest BCUT2D eigenvalue weighted by molar-refractivity contribution is 6.16. The molecule has 0 saturated heterocycles. The van der Waals surface area contributed by atoms with Gasteiger partial charge < -0.3 is 4.74 Å². The Hall–Kier alpha value is -1.57. The van der Waals surface area contributed by atoms with E-state index in [4.69, 9.17) is 4.74 Å². The van der Waals surface area contributed by atoms with Crippen LogP contribution in [0.1, 0.15) is 38.7 Å². The van der Waals surface area contributed by atoms with Crippen molar-refractivity contribution < 1.29 is 9.53 Å². The standard InChI is InChI=1S/C15H20O2/c1-3-5-7-12-14(15(16)17-4-2)13-10-8-6-9-11-13/h6,8-12H,3-5,7H2,1-2H3. The second-order valence-electron chi connectivity index (χ2n) is 3.85. The largest absolute Gasteiger partial charge is 0.462 e. The van der Waals surface area contributed by atoms with Gasteiger partial charge in [-0.15, -0.1) is 0 Å². The van der Waals surface area contributed by atoms with Crippen molar-refractivity contribution in [2.24, 2.45) is 0 Å². The predicted octanol–water partition coefficient (Wildman–Crippen LogP) is 3.82. The van der Waals surface area contributed by atoms with Crippen molar-refractivity contribution in [2.45, 2.75) is 33.1 Å².